The Morgan fingerprint density at radius 3 is 2.59 bits per heavy atom. The van der Waals surface area contributed by atoms with Crippen molar-refractivity contribution in [2.75, 3.05) is 44.4 Å². The van der Waals surface area contributed by atoms with E-state index in [-0.39, 0.29) is 42.3 Å². The number of nitrogens with zero attached hydrogens (tertiary/aromatic N) is 2. The lowest BCUT2D eigenvalue weighted by Crippen LogP contribution is -2.49. The molecular weight excluding hydrogens is 483 g/mol. The van der Waals surface area contributed by atoms with Crippen LogP contribution in [0.1, 0.15) is 35.7 Å². The zero-order chi connectivity index (χ0) is 26.5. The lowest BCUT2D eigenvalue weighted by Gasteiger charge is -2.34. The van der Waals surface area contributed by atoms with Crippen LogP contribution in [-0.2, 0) is 19.1 Å². The Morgan fingerprint density at radius 1 is 1.11 bits per heavy atom. The average Bonchev–Trinajstić information content (AvgIpc) is 2.90. The van der Waals surface area contributed by atoms with E-state index in [9.17, 15) is 23.6 Å². The van der Waals surface area contributed by atoms with Gasteiger partial charge in [0.15, 0.2) is 30.6 Å². The minimum Gasteiger partial charge on any atom is -0.482 e. The van der Waals surface area contributed by atoms with Gasteiger partial charge >= 0.3 is 5.97 Å². The first-order valence-electron chi connectivity index (χ1n) is 12.2. The molecule has 0 spiro atoms. The predicted octanol–water partition coefficient (Wildman–Crippen LogP) is 2.92. The van der Waals surface area contributed by atoms with Crippen LogP contribution in [0.25, 0.3) is 0 Å². The van der Waals surface area contributed by atoms with Crippen LogP contribution in [0.2, 0.25) is 0 Å². The number of esters is 1. The fourth-order valence-corrected chi connectivity index (χ4v) is 4.36. The van der Waals surface area contributed by atoms with Gasteiger partial charge in [-0.2, -0.15) is 0 Å². The van der Waals surface area contributed by atoms with Crippen molar-refractivity contribution in [1.82, 2.24) is 4.90 Å². The Bertz CT molecular complexity index is 1210. The minimum absolute atomic E-state index is 0.0243. The number of hydrogen-bond donors (Lipinski definition) is 0. The minimum atomic E-state index is -0.571. The maximum Gasteiger partial charge on any atom is 0.309 e. The van der Waals surface area contributed by atoms with Crippen LogP contribution < -0.4 is 14.4 Å². The molecule has 10 heteroatoms. The number of carbonyl (C=O) groups is 4. The van der Waals surface area contributed by atoms with Gasteiger partial charge in [-0.05, 0) is 62.6 Å². The van der Waals surface area contributed by atoms with Crippen molar-refractivity contribution in [1.29, 1.82) is 0 Å². The van der Waals surface area contributed by atoms with Crippen LogP contribution in [0, 0.1) is 18.7 Å². The van der Waals surface area contributed by atoms with Crippen LogP contribution in [0.4, 0.5) is 10.1 Å². The third kappa shape index (κ3) is 6.07. The topological polar surface area (TPSA) is 102 Å². The predicted molar refractivity (Wildman–Crippen MR) is 131 cm³/mol. The van der Waals surface area contributed by atoms with E-state index in [4.69, 9.17) is 14.2 Å². The van der Waals surface area contributed by atoms with Gasteiger partial charge in [0, 0.05) is 18.7 Å². The number of ether oxygens (including phenoxy) is 3. The molecule has 0 radical (unpaired) electrons. The van der Waals surface area contributed by atoms with E-state index in [1.807, 2.05) is 0 Å². The Kier molecular flexibility index (Phi) is 8.05. The molecule has 2 aliphatic rings. The summed E-state index contributed by atoms with van der Waals surface area (Å²) in [6.45, 7) is 3.78. The fourth-order valence-electron chi connectivity index (χ4n) is 4.36. The van der Waals surface area contributed by atoms with Crippen molar-refractivity contribution in [3.05, 3.63) is 53.3 Å². The van der Waals surface area contributed by atoms with Crippen molar-refractivity contribution < 1.29 is 37.8 Å². The molecule has 4 rings (SSSR count). The SMILES string of the molecule is CCOC(=O)C1CCN(C(=O)CN2C(=O)COc3ccc(C(=O)COc4cc(C)ccc4F)cc32)CC1. The van der Waals surface area contributed by atoms with E-state index >= 15 is 0 Å². The normalized spacial score (nSPS) is 15.6. The molecule has 0 bridgehead atoms. The molecule has 2 aromatic rings. The number of amides is 2. The highest BCUT2D eigenvalue weighted by molar-refractivity contribution is 6.04. The van der Waals surface area contributed by atoms with E-state index in [1.54, 1.807) is 30.9 Å². The quantitative estimate of drug-likeness (QED) is 0.396. The van der Waals surface area contributed by atoms with Crippen LogP contribution in [0.3, 0.4) is 0 Å². The highest BCUT2D eigenvalue weighted by Crippen LogP contribution is 2.33. The summed E-state index contributed by atoms with van der Waals surface area (Å²) in [6.07, 6.45) is 0.997. The van der Waals surface area contributed by atoms with E-state index in [1.165, 1.54) is 29.2 Å². The summed E-state index contributed by atoms with van der Waals surface area (Å²) >= 11 is 0. The maximum atomic E-state index is 14.0. The van der Waals surface area contributed by atoms with Crippen molar-refractivity contribution in [2.24, 2.45) is 5.92 Å². The van der Waals surface area contributed by atoms with Gasteiger partial charge in [0.2, 0.25) is 5.91 Å². The first-order chi connectivity index (χ1) is 17.8. The summed E-state index contributed by atoms with van der Waals surface area (Å²) in [6, 6.07) is 8.95. The second-order valence-corrected chi connectivity index (χ2v) is 9.00. The second-order valence-electron chi connectivity index (χ2n) is 9.00. The van der Waals surface area contributed by atoms with Gasteiger partial charge in [-0.15, -0.1) is 0 Å². The van der Waals surface area contributed by atoms with Crippen molar-refractivity contribution in [2.45, 2.75) is 26.7 Å². The van der Waals surface area contributed by atoms with E-state index in [0.29, 0.717) is 44.0 Å². The van der Waals surface area contributed by atoms with Gasteiger partial charge in [-0.1, -0.05) is 6.07 Å². The molecule has 0 aliphatic carbocycles. The number of hydrogen-bond acceptors (Lipinski definition) is 7. The third-order valence-corrected chi connectivity index (χ3v) is 6.43. The van der Waals surface area contributed by atoms with Crippen molar-refractivity contribution in [3.8, 4) is 11.5 Å². The van der Waals surface area contributed by atoms with E-state index < -0.39 is 24.1 Å². The molecule has 2 aliphatic heterocycles. The maximum absolute atomic E-state index is 14.0. The van der Waals surface area contributed by atoms with Crippen LogP contribution in [-0.4, -0.2) is 67.9 Å². The Hall–Kier alpha value is -3.95. The molecule has 37 heavy (non-hydrogen) atoms. The molecular formula is C27H29FN2O7. The van der Waals surface area contributed by atoms with Crippen LogP contribution >= 0.6 is 0 Å². The molecule has 0 saturated carbocycles. The number of carbonyl (C=O) groups excluding carboxylic acids is 4. The lowest BCUT2D eigenvalue weighted by atomic mass is 9.97. The number of piperidine rings is 1. The smallest absolute Gasteiger partial charge is 0.309 e. The molecule has 0 atom stereocenters. The van der Waals surface area contributed by atoms with Crippen LogP contribution in [0.5, 0.6) is 11.5 Å². The molecule has 1 saturated heterocycles. The molecule has 2 aromatic carbocycles. The van der Waals surface area contributed by atoms with Gasteiger partial charge in [-0.25, -0.2) is 4.39 Å². The average molecular weight is 513 g/mol. The molecule has 9 nitrogen and oxygen atoms in total. The molecule has 1 fully saturated rings. The van der Waals surface area contributed by atoms with Crippen molar-refractivity contribution >= 4 is 29.3 Å². The number of benzene rings is 2. The molecule has 196 valence electrons. The number of Topliss-reactive ketones (excluding diaryl/α,β-unsaturated/α-hetero) is 1. The zero-order valence-corrected chi connectivity index (χ0v) is 20.8. The van der Waals surface area contributed by atoms with Gasteiger partial charge < -0.3 is 19.1 Å². The van der Waals surface area contributed by atoms with E-state index in [2.05, 4.69) is 0 Å². The second kappa shape index (κ2) is 11.4. The Balaban J connectivity index is 1.43. The number of fused-ring (bicyclic) bond motifs is 1. The highest BCUT2D eigenvalue weighted by atomic mass is 19.1. The first-order valence-corrected chi connectivity index (χ1v) is 12.2. The number of likely N-dealkylation sites (tertiary alicyclic amines) is 1. The standard InChI is InChI=1S/C27H29FN2O7/c1-3-35-27(34)18-8-10-29(11-9-18)25(32)14-30-21-13-19(5-7-23(21)37-16-26(30)33)22(31)15-36-24-12-17(2)4-6-20(24)28/h4-7,12-13,18H,3,8-11,14-16H2,1-2H3. The number of aryl methyl sites for hydroxylation is 1. The molecule has 0 aromatic heterocycles. The summed E-state index contributed by atoms with van der Waals surface area (Å²) in [5, 5.41) is 0. The zero-order valence-electron chi connectivity index (χ0n) is 20.8. The number of halogens is 1. The number of rotatable bonds is 8. The van der Waals surface area contributed by atoms with Gasteiger partial charge in [0.1, 0.15) is 12.3 Å². The molecule has 0 unspecified atom stereocenters. The fraction of sp³-hybridized carbons (Fsp3) is 0.407. The molecule has 0 N–H and O–H groups in total. The summed E-state index contributed by atoms with van der Waals surface area (Å²) < 4.78 is 29.9. The number of anilines is 1. The first kappa shape index (κ1) is 26.1. The van der Waals surface area contributed by atoms with Crippen LogP contribution in [0.15, 0.2) is 36.4 Å². The van der Waals surface area contributed by atoms with Gasteiger partial charge in [0.05, 0.1) is 18.2 Å². The summed E-state index contributed by atoms with van der Waals surface area (Å²) in [5.41, 5.74) is 1.33. The Labute approximate surface area is 214 Å². The summed E-state index contributed by atoms with van der Waals surface area (Å²) in [5.74, 6) is -1.81. The third-order valence-electron chi connectivity index (χ3n) is 6.43. The largest absolute Gasteiger partial charge is 0.482 e. The summed E-state index contributed by atoms with van der Waals surface area (Å²) in [7, 11) is 0. The van der Waals surface area contributed by atoms with Gasteiger partial charge in [0.25, 0.3) is 5.91 Å². The number of ketones is 1. The monoisotopic (exact) mass is 512 g/mol. The molecule has 2 heterocycles. The Morgan fingerprint density at radius 2 is 1.86 bits per heavy atom. The van der Waals surface area contributed by atoms with E-state index in [0.717, 1.165) is 5.56 Å². The summed E-state index contributed by atoms with van der Waals surface area (Å²) in [4.78, 5) is 53.4. The lowest BCUT2D eigenvalue weighted by molar-refractivity contribution is -0.151. The van der Waals surface area contributed by atoms with Crippen molar-refractivity contribution in [3.63, 3.8) is 0 Å². The highest BCUT2D eigenvalue weighted by Gasteiger charge is 2.32. The van der Waals surface area contributed by atoms with Gasteiger partial charge in [-0.3, -0.25) is 24.1 Å². The molecule has 2 amide bonds.